The molecule has 0 bridgehead atoms. The lowest BCUT2D eigenvalue weighted by atomic mass is 9.94. The van der Waals surface area contributed by atoms with Crippen molar-refractivity contribution < 1.29 is 0 Å². The van der Waals surface area contributed by atoms with Gasteiger partial charge < -0.3 is 0 Å². The van der Waals surface area contributed by atoms with Crippen molar-refractivity contribution >= 4 is 0 Å². The largest absolute Gasteiger partial charge is 0.292 e. The summed E-state index contributed by atoms with van der Waals surface area (Å²) in [4.78, 5) is 0. The first kappa shape index (κ1) is 9.69. The van der Waals surface area contributed by atoms with Crippen LogP contribution in [-0.4, -0.2) is 6.54 Å². The van der Waals surface area contributed by atoms with Crippen molar-refractivity contribution in [2.75, 3.05) is 6.54 Å². The average Bonchev–Trinajstić information content (AvgIpc) is 2.54. The molecule has 0 spiro atoms. The zero-order chi connectivity index (χ0) is 10.1. The van der Waals surface area contributed by atoms with Gasteiger partial charge in [-0.25, -0.2) is 0 Å². The van der Waals surface area contributed by atoms with E-state index < -0.39 is 0 Å². The fourth-order valence-corrected chi connectivity index (χ4v) is 2.26. The van der Waals surface area contributed by atoms with Crippen LogP contribution in [0.2, 0.25) is 0 Å². The molecular formula is C12H16N2. The number of hydrogen-bond donors (Lipinski definition) is 2. The number of nitrogens with one attached hydrogen (secondary N) is 2. The van der Waals surface area contributed by atoms with Gasteiger partial charge in [0.1, 0.15) is 6.67 Å². The van der Waals surface area contributed by atoms with Crippen LogP contribution >= 0.6 is 0 Å². The van der Waals surface area contributed by atoms with E-state index in [9.17, 15) is 0 Å². The van der Waals surface area contributed by atoms with Gasteiger partial charge in [0, 0.05) is 12.6 Å². The van der Waals surface area contributed by atoms with Gasteiger partial charge in [-0.1, -0.05) is 17.7 Å². The number of aryl methyl sites for hydroxylation is 3. The highest BCUT2D eigenvalue weighted by atomic mass is 15.2. The second kappa shape index (κ2) is 3.71. The van der Waals surface area contributed by atoms with Crippen LogP contribution in [0.15, 0.2) is 12.1 Å². The molecule has 14 heavy (non-hydrogen) atoms. The molecule has 0 amide bonds. The molecule has 2 heteroatoms. The molecule has 2 rings (SSSR count). The Labute approximate surface area is 85.7 Å². The van der Waals surface area contributed by atoms with Crippen LogP contribution in [0.4, 0.5) is 0 Å². The minimum absolute atomic E-state index is 0.385. The molecule has 2 nitrogen and oxygen atoms in total. The summed E-state index contributed by atoms with van der Waals surface area (Å²) in [5.41, 5.74) is 5.48. The summed E-state index contributed by atoms with van der Waals surface area (Å²) < 4.78 is 0. The van der Waals surface area contributed by atoms with Crippen LogP contribution < -0.4 is 10.6 Å². The van der Waals surface area contributed by atoms with E-state index >= 15 is 0 Å². The van der Waals surface area contributed by atoms with Crippen LogP contribution in [0, 0.1) is 27.4 Å². The number of rotatable bonds is 1. The van der Waals surface area contributed by atoms with E-state index in [1.54, 1.807) is 0 Å². The third-order valence-electron chi connectivity index (χ3n) is 2.73. The van der Waals surface area contributed by atoms with Gasteiger partial charge in [-0.2, -0.15) is 0 Å². The highest BCUT2D eigenvalue weighted by molar-refractivity contribution is 5.40. The first-order valence-electron chi connectivity index (χ1n) is 4.99. The second-order valence-corrected chi connectivity index (χ2v) is 4.02. The monoisotopic (exact) mass is 188 g/mol. The molecule has 1 unspecified atom stereocenters. The van der Waals surface area contributed by atoms with E-state index in [2.05, 4.69) is 50.2 Å². The first-order chi connectivity index (χ1) is 6.68. The fraction of sp³-hybridized carbons (Fsp3) is 0.417. The van der Waals surface area contributed by atoms with Crippen molar-refractivity contribution in [1.82, 2.24) is 10.6 Å². The van der Waals surface area contributed by atoms with Crippen molar-refractivity contribution in [2.45, 2.75) is 26.8 Å². The third kappa shape index (κ3) is 1.68. The summed E-state index contributed by atoms with van der Waals surface area (Å²) >= 11 is 0. The van der Waals surface area contributed by atoms with Gasteiger partial charge in [0.2, 0.25) is 0 Å². The Morgan fingerprint density at radius 3 is 2.36 bits per heavy atom. The van der Waals surface area contributed by atoms with Gasteiger partial charge in [-0.15, -0.1) is 0 Å². The fourth-order valence-electron chi connectivity index (χ4n) is 2.26. The summed E-state index contributed by atoms with van der Waals surface area (Å²) in [6.07, 6.45) is 0. The predicted octanol–water partition coefficient (Wildman–Crippen LogP) is 1.84. The first-order valence-corrected chi connectivity index (χ1v) is 4.99. The molecular weight excluding hydrogens is 172 g/mol. The minimum atomic E-state index is 0.385. The lowest BCUT2D eigenvalue weighted by molar-refractivity contribution is 0.686. The summed E-state index contributed by atoms with van der Waals surface area (Å²) in [5, 5.41) is 6.29. The summed E-state index contributed by atoms with van der Waals surface area (Å²) in [6.45, 7) is 10.4. The van der Waals surface area contributed by atoms with Crippen LogP contribution in [0.25, 0.3) is 0 Å². The van der Waals surface area contributed by atoms with E-state index in [-0.39, 0.29) is 0 Å². The standard InChI is InChI=1S/C12H16N2/c1-8-4-9(2)12(10(3)5-8)11-6-13-7-14-11/h4-5,11,13-14H,6H2,1-3H3. The Bertz CT molecular complexity index is 315. The van der Waals surface area contributed by atoms with E-state index in [1.165, 1.54) is 22.3 Å². The van der Waals surface area contributed by atoms with Crippen molar-refractivity contribution in [3.63, 3.8) is 0 Å². The molecule has 1 atom stereocenters. The third-order valence-corrected chi connectivity index (χ3v) is 2.73. The highest BCUT2D eigenvalue weighted by Gasteiger charge is 2.20. The Morgan fingerprint density at radius 2 is 1.86 bits per heavy atom. The smallest absolute Gasteiger partial charge is 0.141 e. The van der Waals surface area contributed by atoms with Crippen LogP contribution in [0.5, 0.6) is 0 Å². The maximum atomic E-state index is 3.21. The molecule has 1 aliphatic heterocycles. The zero-order valence-electron chi connectivity index (χ0n) is 8.94. The normalized spacial score (nSPS) is 21.5. The van der Waals surface area contributed by atoms with E-state index in [4.69, 9.17) is 0 Å². The quantitative estimate of drug-likeness (QED) is 0.702. The van der Waals surface area contributed by atoms with Crippen LogP contribution in [-0.2, 0) is 0 Å². The van der Waals surface area contributed by atoms with E-state index in [0.29, 0.717) is 6.04 Å². The molecule has 2 radical (unpaired) electrons. The van der Waals surface area contributed by atoms with E-state index in [1.807, 2.05) is 0 Å². The predicted molar refractivity (Wildman–Crippen MR) is 57.8 cm³/mol. The Morgan fingerprint density at radius 1 is 1.21 bits per heavy atom. The van der Waals surface area contributed by atoms with Crippen molar-refractivity contribution in [1.29, 1.82) is 0 Å². The van der Waals surface area contributed by atoms with Gasteiger partial charge in [0.25, 0.3) is 0 Å². The average molecular weight is 188 g/mol. The summed E-state index contributed by atoms with van der Waals surface area (Å²) in [5.74, 6) is 0. The molecule has 0 aromatic heterocycles. The maximum Gasteiger partial charge on any atom is 0.141 e. The molecule has 1 aromatic carbocycles. The van der Waals surface area contributed by atoms with Crippen LogP contribution in [0.1, 0.15) is 28.3 Å². The van der Waals surface area contributed by atoms with Gasteiger partial charge in [0.05, 0.1) is 0 Å². The topological polar surface area (TPSA) is 24.1 Å². The lowest BCUT2D eigenvalue weighted by Gasteiger charge is -2.16. The molecule has 1 aliphatic rings. The second-order valence-electron chi connectivity index (χ2n) is 4.02. The van der Waals surface area contributed by atoms with Crippen molar-refractivity contribution in [3.05, 3.63) is 41.1 Å². The Hall–Kier alpha value is -0.860. The molecule has 1 heterocycles. The van der Waals surface area contributed by atoms with Gasteiger partial charge in [-0.3, -0.25) is 10.6 Å². The Kier molecular flexibility index (Phi) is 2.57. The van der Waals surface area contributed by atoms with Gasteiger partial charge in [0.15, 0.2) is 0 Å². The number of hydrogen-bond acceptors (Lipinski definition) is 2. The van der Waals surface area contributed by atoms with Crippen molar-refractivity contribution in [2.24, 2.45) is 0 Å². The summed E-state index contributed by atoms with van der Waals surface area (Å²) in [7, 11) is 0. The molecule has 1 aromatic rings. The molecule has 0 saturated carbocycles. The molecule has 2 N–H and O–H groups in total. The van der Waals surface area contributed by atoms with Gasteiger partial charge in [-0.05, 0) is 37.5 Å². The van der Waals surface area contributed by atoms with Crippen molar-refractivity contribution in [3.8, 4) is 0 Å². The molecule has 0 aliphatic carbocycles. The molecule has 1 fully saturated rings. The minimum Gasteiger partial charge on any atom is -0.292 e. The lowest BCUT2D eigenvalue weighted by Crippen LogP contribution is -2.15. The van der Waals surface area contributed by atoms with Gasteiger partial charge >= 0.3 is 0 Å². The SMILES string of the molecule is Cc1cc(C)c(C2CN[C]N2)c(C)c1. The van der Waals surface area contributed by atoms with E-state index in [0.717, 1.165) is 6.54 Å². The van der Waals surface area contributed by atoms with Crippen LogP contribution in [0.3, 0.4) is 0 Å². The Balaban J connectivity index is 2.40. The zero-order valence-corrected chi connectivity index (χ0v) is 8.94. The maximum absolute atomic E-state index is 3.21. The summed E-state index contributed by atoms with van der Waals surface area (Å²) in [6, 6.07) is 4.86. The number of benzene rings is 1. The molecule has 1 saturated heterocycles. The highest BCUT2D eigenvalue weighted by Crippen LogP contribution is 2.24. The molecule has 74 valence electrons.